The molecule has 120 valence electrons. The van der Waals surface area contributed by atoms with Crippen molar-refractivity contribution in [2.24, 2.45) is 5.10 Å². The Morgan fingerprint density at radius 2 is 2.00 bits per heavy atom. The topological polar surface area (TPSA) is 89.9 Å². The molecule has 0 aliphatic carbocycles. The van der Waals surface area contributed by atoms with Crippen molar-refractivity contribution in [1.29, 1.82) is 0 Å². The second kappa shape index (κ2) is 7.42. The van der Waals surface area contributed by atoms with Gasteiger partial charge in [-0.1, -0.05) is 23.2 Å². The Morgan fingerprint density at radius 1 is 1.36 bits per heavy atom. The van der Waals surface area contributed by atoms with E-state index in [0.29, 0.717) is 0 Å². The molecule has 1 amide bonds. The number of halogens is 2. The quantitative estimate of drug-likeness (QED) is 0.392. The van der Waals surface area contributed by atoms with E-state index in [9.17, 15) is 9.59 Å². The molecule has 0 spiro atoms. The average Bonchev–Trinajstić information content (AvgIpc) is 2.35. The molecule has 0 bridgehead atoms. The summed E-state index contributed by atoms with van der Waals surface area (Å²) in [7, 11) is 1.20. The minimum absolute atomic E-state index is 0.0108. The largest absolute Gasteiger partial charge is 0.465 e. The van der Waals surface area contributed by atoms with Crippen LogP contribution in [0.4, 0.5) is 4.79 Å². The van der Waals surface area contributed by atoms with E-state index in [1.165, 1.54) is 19.4 Å². The second-order valence-corrected chi connectivity index (χ2v) is 5.81. The van der Waals surface area contributed by atoms with Crippen molar-refractivity contribution in [2.75, 3.05) is 7.11 Å². The highest BCUT2D eigenvalue weighted by atomic mass is 35.5. The number of amides is 1. The van der Waals surface area contributed by atoms with Gasteiger partial charge >= 0.3 is 12.1 Å². The summed E-state index contributed by atoms with van der Waals surface area (Å²) in [5.41, 5.74) is 1.74. The summed E-state index contributed by atoms with van der Waals surface area (Å²) in [6, 6.07) is 1.36. The Kier molecular flexibility index (Phi) is 6.13. The number of hydrogen-bond acceptors (Lipinski definition) is 6. The van der Waals surface area contributed by atoms with Crippen LogP contribution < -0.4 is 5.43 Å². The van der Waals surface area contributed by atoms with Crippen molar-refractivity contribution < 1.29 is 19.1 Å². The first kappa shape index (κ1) is 18.2. The molecule has 0 saturated heterocycles. The minimum atomic E-state index is -0.741. The van der Waals surface area contributed by atoms with Crippen LogP contribution in [0.2, 0.25) is 10.3 Å². The van der Waals surface area contributed by atoms with E-state index in [-0.39, 0.29) is 21.4 Å². The normalized spacial score (nSPS) is 11.4. The number of carbonyl (C=O) groups excluding carboxylic acids is 2. The maximum atomic E-state index is 11.7. The summed E-state index contributed by atoms with van der Waals surface area (Å²) in [6.45, 7) is 5.15. The Hall–Kier alpha value is -1.86. The van der Waals surface area contributed by atoms with Gasteiger partial charge in [-0.25, -0.2) is 20.0 Å². The van der Waals surface area contributed by atoms with Crippen LogP contribution in [0.3, 0.4) is 0 Å². The van der Waals surface area contributed by atoms with Gasteiger partial charge in [0.2, 0.25) is 0 Å². The summed E-state index contributed by atoms with van der Waals surface area (Å²) in [6.07, 6.45) is 0.449. The molecule has 1 aromatic rings. The molecule has 0 saturated carbocycles. The number of rotatable bonds is 3. The maximum absolute atomic E-state index is 11.7. The third-order valence-electron chi connectivity index (χ3n) is 2.12. The van der Waals surface area contributed by atoms with Crippen LogP contribution in [0, 0.1) is 0 Å². The van der Waals surface area contributed by atoms with Gasteiger partial charge in [0.15, 0.2) is 0 Å². The molecule has 1 N–H and O–H groups in total. The minimum Gasteiger partial charge on any atom is -0.465 e. The van der Waals surface area contributed by atoms with Gasteiger partial charge in [-0.05, 0) is 26.8 Å². The zero-order chi connectivity index (χ0) is 16.9. The Balaban J connectivity index is 2.95. The molecule has 0 aromatic carbocycles. The maximum Gasteiger partial charge on any atom is 0.428 e. The predicted molar refractivity (Wildman–Crippen MR) is 82.6 cm³/mol. The van der Waals surface area contributed by atoms with Crippen LogP contribution >= 0.6 is 23.2 Å². The lowest BCUT2D eigenvalue weighted by atomic mass is 10.1. The van der Waals surface area contributed by atoms with Gasteiger partial charge in [-0.15, -0.1) is 0 Å². The highest BCUT2D eigenvalue weighted by Crippen LogP contribution is 2.21. The van der Waals surface area contributed by atoms with E-state index < -0.39 is 17.7 Å². The number of hydrogen-bond donors (Lipinski definition) is 1. The molecule has 0 aliphatic heterocycles. The summed E-state index contributed by atoms with van der Waals surface area (Å²) in [5.74, 6) is -0.701. The number of hydrazone groups is 1. The van der Waals surface area contributed by atoms with Gasteiger partial charge in [0, 0.05) is 5.56 Å². The van der Waals surface area contributed by atoms with Gasteiger partial charge in [0.25, 0.3) is 0 Å². The van der Waals surface area contributed by atoms with Crippen molar-refractivity contribution in [2.45, 2.75) is 26.4 Å². The third kappa shape index (κ3) is 5.50. The fraction of sp³-hybridized carbons (Fsp3) is 0.385. The highest BCUT2D eigenvalue weighted by molar-refractivity contribution is 6.35. The van der Waals surface area contributed by atoms with Crippen LogP contribution in [-0.2, 0) is 9.47 Å². The molecule has 0 aliphatic rings. The first-order chi connectivity index (χ1) is 10.1. The summed E-state index contributed by atoms with van der Waals surface area (Å²) >= 11 is 11.6. The molecule has 1 aromatic heterocycles. The van der Waals surface area contributed by atoms with Crippen LogP contribution in [-0.4, -0.2) is 36.0 Å². The van der Waals surface area contributed by atoms with Crippen LogP contribution in [0.5, 0.6) is 0 Å². The van der Waals surface area contributed by atoms with E-state index >= 15 is 0 Å². The third-order valence-corrected chi connectivity index (χ3v) is 2.59. The molecule has 0 atom stereocenters. The fourth-order valence-electron chi connectivity index (χ4n) is 1.36. The van der Waals surface area contributed by atoms with Gasteiger partial charge in [-0.2, -0.15) is 5.10 Å². The number of ether oxygens (including phenoxy) is 2. The SMILES string of the molecule is COC(=O)c1c(C=NNC(=O)OC(C)(C)C)cc(Cl)nc1Cl. The summed E-state index contributed by atoms with van der Waals surface area (Å²) < 4.78 is 9.61. The summed E-state index contributed by atoms with van der Waals surface area (Å²) in [5, 5.41) is 3.62. The Bertz CT molecular complexity index is 612. The molecule has 0 unspecified atom stereocenters. The van der Waals surface area contributed by atoms with Crippen LogP contribution in [0.15, 0.2) is 11.2 Å². The van der Waals surface area contributed by atoms with Crippen LogP contribution in [0.1, 0.15) is 36.7 Å². The first-order valence-electron chi connectivity index (χ1n) is 6.10. The molecular formula is C13H15Cl2N3O4. The van der Waals surface area contributed by atoms with Gasteiger partial charge in [0.05, 0.1) is 13.3 Å². The zero-order valence-electron chi connectivity index (χ0n) is 12.4. The molecule has 1 heterocycles. The van der Waals surface area contributed by atoms with E-state index in [4.69, 9.17) is 27.9 Å². The number of nitrogens with zero attached hydrogens (tertiary/aromatic N) is 2. The van der Waals surface area contributed by atoms with Gasteiger partial charge in [0.1, 0.15) is 21.5 Å². The van der Waals surface area contributed by atoms with Crippen molar-refractivity contribution in [3.05, 3.63) is 27.5 Å². The number of esters is 1. The lowest BCUT2D eigenvalue weighted by molar-refractivity contribution is 0.0528. The van der Waals surface area contributed by atoms with E-state index in [1.807, 2.05) is 0 Å². The number of carbonyl (C=O) groups is 2. The van der Waals surface area contributed by atoms with Crippen molar-refractivity contribution >= 4 is 41.5 Å². The van der Waals surface area contributed by atoms with Crippen LogP contribution in [0.25, 0.3) is 0 Å². The van der Waals surface area contributed by atoms with Crippen molar-refractivity contribution in [3.8, 4) is 0 Å². The molecule has 0 radical (unpaired) electrons. The molecule has 9 heteroatoms. The van der Waals surface area contributed by atoms with Crippen molar-refractivity contribution in [1.82, 2.24) is 10.4 Å². The number of pyridine rings is 1. The Labute approximate surface area is 137 Å². The average molecular weight is 348 g/mol. The molecule has 7 nitrogen and oxygen atoms in total. The highest BCUT2D eigenvalue weighted by Gasteiger charge is 2.18. The van der Waals surface area contributed by atoms with Gasteiger partial charge in [-0.3, -0.25) is 0 Å². The molecule has 22 heavy (non-hydrogen) atoms. The van der Waals surface area contributed by atoms with Crippen molar-refractivity contribution in [3.63, 3.8) is 0 Å². The molecular weight excluding hydrogens is 333 g/mol. The molecule has 1 rings (SSSR count). The van der Waals surface area contributed by atoms with Gasteiger partial charge < -0.3 is 9.47 Å². The number of aromatic nitrogens is 1. The second-order valence-electron chi connectivity index (χ2n) is 5.06. The summed E-state index contributed by atoms with van der Waals surface area (Å²) in [4.78, 5) is 26.9. The van der Waals surface area contributed by atoms with E-state index in [2.05, 4.69) is 20.2 Å². The first-order valence-corrected chi connectivity index (χ1v) is 6.86. The van der Waals surface area contributed by atoms with E-state index in [1.54, 1.807) is 20.8 Å². The van der Waals surface area contributed by atoms with E-state index in [0.717, 1.165) is 0 Å². The lowest BCUT2D eigenvalue weighted by Gasteiger charge is -2.18. The molecule has 0 fully saturated rings. The lowest BCUT2D eigenvalue weighted by Crippen LogP contribution is -2.29. The monoisotopic (exact) mass is 347 g/mol. The Morgan fingerprint density at radius 3 is 2.55 bits per heavy atom. The fourth-order valence-corrected chi connectivity index (χ4v) is 1.89. The number of nitrogens with one attached hydrogen (secondary N) is 1. The number of methoxy groups -OCH3 is 1. The smallest absolute Gasteiger partial charge is 0.428 e. The standard InChI is InChI=1S/C13H15Cl2N3O4/c1-13(2,3)22-12(20)18-16-6-7-5-8(14)17-10(15)9(7)11(19)21-4/h5-6H,1-4H3,(H,18,20). The predicted octanol–water partition coefficient (Wildman–Crippen LogP) is 3.03. The zero-order valence-corrected chi connectivity index (χ0v) is 13.9.